The molecular formula is C15H27NO2S2. The largest absolute Gasteiger partial charge is 0.375 e. The molecule has 5 heteroatoms. The van der Waals surface area contributed by atoms with Crippen LogP contribution >= 0.6 is 21.6 Å². The van der Waals surface area contributed by atoms with Crippen LogP contribution in [0.15, 0.2) is 0 Å². The third-order valence-electron chi connectivity index (χ3n) is 3.97. The number of amides is 1. The van der Waals surface area contributed by atoms with E-state index in [0.717, 1.165) is 31.1 Å². The van der Waals surface area contributed by atoms with Crippen molar-refractivity contribution in [2.24, 2.45) is 0 Å². The maximum atomic E-state index is 12.0. The summed E-state index contributed by atoms with van der Waals surface area (Å²) >= 11 is 0. The Morgan fingerprint density at radius 1 is 1.35 bits per heavy atom. The molecule has 1 N–H and O–H groups in total. The number of nitrogens with one attached hydrogen (secondary N) is 1. The molecule has 2 aliphatic rings. The smallest absolute Gasteiger partial charge is 0.220 e. The number of unbranched alkanes of at least 4 members (excludes halogenated alkanes) is 1. The number of carbonyl (C=O) groups excluding carboxylic acids is 1. The van der Waals surface area contributed by atoms with E-state index in [0.29, 0.717) is 12.5 Å². The minimum atomic E-state index is -0.0897. The predicted molar refractivity (Wildman–Crippen MR) is 88.1 cm³/mol. The molecule has 0 aromatic heterocycles. The van der Waals surface area contributed by atoms with Crippen LogP contribution in [0.5, 0.6) is 0 Å². The van der Waals surface area contributed by atoms with E-state index in [1.807, 2.05) is 21.6 Å². The van der Waals surface area contributed by atoms with Gasteiger partial charge in [-0.05, 0) is 46.0 Å². The second kappa shape index (κ2) is 7.95. The minimum Gasteiger partial charge on any atom is -0.375 e. The standard InChI is InChI=1S/C15H27NO2S2/c1-15(2)11-12(7-9-18-15)16-14(17)6-4-3-5-13-8-10-19-20-13/h12-13H,3-11H2,1-2H3,(H,16,17)/t12-,13-/m1/s1. The van der Waals surface area contributed by atoms with Crippen molar-refractivity contribution in [3.8, 4) is 0 Å². The lowest BCUT2D eigenvalue weighted by molar-refractivity contribution is -0.124. The Bertz CT molecular complexity index is 317. The monoisotopic (exact) mass is 317 g/mol. The fourth-order valence-corrected chi connectivity index (χ4v) is 5.90. The van der Waals surface area contributed by atoms with E-state index >= 15 is 0 Å². The number of ether oxygens (including phenoxy) is 1. The van der Waals surface area contributed by atoms with Gasteiger partial charge in [-0.3, -0.25) is 4.79 Å². The van der Waals surface area contributed by atoms with E-state index in [2.05, 4.69) is 19.2 Å². The lowest BCUT2D eigenvalue weighted by Crippen LogP contribution is -2.45. The molecule has 2 aliphatic heterocycles. The first-order valence-corrected chi connectivity index (χ1v) is 10.1. The maximum absolute atomic E-state index is 12.0. The molecule has 3 nitrogen and oxygen atoms in total. The average Bonchev–Trinajstić information content (AvgIpc) is 2.86. The Morgan fingerprint density at radius 2 is 2.20 bits per heavy atom. The molecule has 2 fully saturated rings. The van der Waals surface area contributed by atoms with Gasteiger partial charge in [0.15, 0.2) is 0 Å². The number of carbonyl (C=O) groups is 1. The van der Waals surface area contributed by atoms with E-state index in [1.165, 1.54) is 25.0 Å². The van der Waals surface area contributed by atoms with Crippen LogP contribution in [0.2, 0.25) is 0 Å². The summed E-state index contributed by atoms with van der Waals surface area (Å²) in [6, 6.07) is 0.299. The predicted octanol–water partition coefficient (Wildman–Crippen LogP) is 3.77. The maximum Gasteiger partial charge on any atom is 0.220 e. The van der Waals surface area contributed by atoms with Gasteiger partial charge < -0.3 is 10.1 Å². The van der Waals surface area contributed by atoms with Crippen LogP contribution in [0.1, 0.15) is 58.8 Å². The van der Waals surface area contributed by atoms with Gasteiger partial charge in [-0.15, -0.1) is 0 Å². The number of rotatable bonds is 6. The fourth-order valence-electron chi connectivity index (χ4n) is 2.88. The highest BCUT2D eigenvalue weighted by Gasteiger charge is 2.29. The van der Waals surface area contributed by atoms with Crippen LogP contribution in [0, 0.1) is 0 Å². The summed E-state index contributed by atoms with van der Waals surface area (Å²) in [5.74, 6) is 1.52. The van der Waals surface area contributed by atoms with Gasteiger partial charge >= 0.3 is 0 Å². The quantitative estimate of drug-likeness (QED) is 0.598. The van der Waals surface area contributed by atoms with Crippen LogP contribution in [0.25, 0.3) is 0 Å². The molecule has 0 saturated carbocycles. The van der Waals surface area contributed by atoms with Gasteiger partial charge in [-0.1, -0.05) is 28.0 Å². The van der Waals surface area contributed by atoms with E-state index in [9.17, 15) is 4.79 Å². The zero-order valence-corrected chi connectivity index (χ0v) is 14.3. The zero-order chi connectivity index (χ0) is 14.4. The van der Waals surface area contributed by atoms with Crippen molar-refractivity contribution < 1.29 is 9.53 Å². The van der Waals surface area contributed by atoms with Crippen LogP contribution in [0.3, 0.4) is 0 Å². The zero-order valence-electron chi connectivity index (χ0n) is 12.7. The van der Waals surface area contributed by atoms with E-state index < -0.39 is 0 Å². The van der Waals surface area contributed by atoms with Gasteiger partial charge in [0.2, 0.25) is 5.91 Å². The molecule has 2 heterocycles. The van der Waals surface area contributed by atoms with Gasteiger partial charge in [0.1, 0.15) is 0 Å². The normalized spacial score (nSPS) is 29.3. The Labute approximate surface area is 130 Å². The highest BCUT2D eigenvalue weighted by molar-refractivity contribution is 8.77. The van der Waals surface area contributed by atoms with Crippen molar-refractivity contribution in [3.05, 3.63) is 0 Å². The van der Waals surface area contributed by atoms with Crippen molar-refractivity contribution in [1.29, 1.82) is 0 Å². The molecule has 0 aromatic rings. The first kappa shape index (κ1) is 16.5. The van der Waals surface area contributed by atoms with Crippen molar-refractivity contribution in [2.45, 2.75) is 75.7 Å². The van der Waals surface area contributed by atoms with Gasteiger partial charge in [0.05, 0.1) is 5.60 Å². The first-order chi connectivity index (χ1) is 9.55. The van der Waals surface area contributed by atoms with E-state index in [4.69, 9.17) is 4.74 Å². The third-order valence-corrected chi connectivity index (χ3v) is 6.98. The Kier molecular flexibility index (Phi) is 6.56. The molecule has 20 heavy (non-hydrogen) atoms. The summed E-state index contributed by atoms with van der Waals surface area (Å²) in [6.45, 7) is 4.96. The molecule has 2 saturated heterocycles. The molecule has 0 bridgehead atoms. The van der Waals surface area contributed by atoms with Gasteiger partial charge in [0, 0.05) is 30.1 Å². The van der Waals surface area contributed by atoms with E-state index in [-0.39, 0.29) is 11.5 Å². The Hall–Kier alpha value is 0.130. The summed E-state index contributed by atoms with van der Waals surface area (Å²) in [7, 11) is 4.03. The molecule has 0 radical (unpaired) electrons. The van der Waals surface area contributed by atoms with Crippen LogP contribution < -0.4 is 5.32 Å². The molecule has 0 aliphatic carbocycles. The molecular weight excluding hydrogens is 290 g/mol. The molecule has 2 atom stereocenters. The number of hydrogen-bond acceptors (Lipinski definition) is 4. The van der Waals surface area contributed by atoms with Crippen molar-refractivity contribution in [1.82, 2.24) is 5.32 Å². The van der Waals surface area contributed by atoms with Crippen molar-refractivity contribution >= 4 is 27.5 Å². The lowest BCUT2D eigenvalue weighted by Gasteiger charge is -2.35. The highest BCUT2D eigenvalue weighted by atomic mass is 33.1. The molecule has 0 unspecified atom stereocenters. The average molecular weight is 318 g/mol. The number of hydrogen-bond donors (Lipinski definition) is 1. The molecule has 116 valence electrons. The molecule has 0 spiro atoms. The second-order valence-corrected chi connectivity index (χ2v) is 9.23. The fraction of sp³-hybridized carbons (Fsp3) is 0.933. The first-order valence-electron chi connectivity index (χ1n) is 7.77. The summed E-state index contributed by atoms with van der Waals surface area (Å²) in [5, 5.41) is 4.01. The summed E-state index contributed by atoms with van der Waals surface area (Å²) in [5.41, 5.74) is -0.0897. The topological polar surface area (TPSA) is 38.3 Å². The van der Waals surface area contributed by atoms with Gasteiger partial charge in [-0.25, -0.2) is 0 Å². The van der Waals surface area contributed by atoms with Crippen molar-refractivity contribution in [3.63, 3.8) is 0 Å². The molecule has 2 rings (SSSR count). The second-order valence-electron chi connectivity index (χ2n) is 6.44. The van der Waals surface area contributed by atoms with Crippen LogP contribution in [-0.2, 0) is 9.53 Å². The summed E-state index contributed by atoms with van der Waals surface area (Å²) in [4.78, 5) is 12.0. The molecule has 0 aromatic carbocycles. The Balaban J connectivity index is 1.55. The SMILES string of the molecule is CC1(C)C[C@H](NC(=O)CCCC[C@@H]2CCSS2)CCO1. The lowest BCUT2D eigenvalue weighted by atomic mass is 9.94. The highest BCUT2D eigenvalue weighted by Crippen LogP contribution is 2.39. The van der Waals surface area contributed by atoms with Gasteiger partial charge in [0.25, 0.3) is 0 Å². The van der Waals surface area contributed by atoms with Crippen molar-refractivity contribution in [2.75, 3.05) is 12.4 Å². The van der Waals surface area contributed by atoms with Gasteiger partial charge in [-0.2, -0.15) is 0 Å². The third kappa shape index (κ3) is 5.86. The summed E-state index contributed by atoms with van der Waals surface area (Å²) in [6.07, 6.45) is 7.39. The minimum absolute atomic E-state index is 0.0897. The van der Waals surface area contributed by atoms with E-state index in [1.54, 1.807) is 0 Å². The van der Waals surface area contributed by atoms with Crippen LogP contribution in [0.4, 0.5) is 0 Å². The molecule has 1 amide bonds. The summed E-state index contributed by atoms with van der Waals surface area (Å²) < 4.78 is 5.68. The van der Waals surface area contributed by atoms with Crippen LogP contribution in [-0.4, -0.2) is 35.2 Å². The Morgan fingerprint density at radius 3 is 2.90 bits per heavy atom.